The van der Waals surface area contributed by atoms with Gasteiger partial charge in [-0.1, -0.05) is 32.0 Å². The molecule has 0 bridgehead atoms. The Hall–Kier alpha value is -2.70. The molecule has 1 aliphatic carbocycles. The number of fused-ring (bicyclic) bond motifs is 1. The lowest BCUT2D eigenvalue weighted by Crippen LogP contribution is -2.34. The third kappa shape index (κ3) is 3.30. The second-order valence-electron chi connectivity index (χ2n) is 8.43. The first-order chi connectivity index (χ1) is 13.4. The van der Waals surface area contributed by atoms with Crippen LogP contribution in [0.3, 0.4) is 0 Å². The summed E-state index contributed by atoms with van der Waals surface area (Å²) in [7, 11) is 0. The highest BCUT2D eigenvalue weighted by Crippen LogP contribution is 2.44. The number of carbonyl (C=O) groups excluding carboxylic acids is 1. The summed E-state index contributed by atoms with van der Waals surface area (Å²) in [6, 6.07) is 7.00. The lowest BCUT2D eigenvalue weighted by molar-refractivity contribution is -0.142. The number of benzene rings is 1. The molecular formula is C21H25N3O4. The highest BCUT2D eigenvalue weighted by atomic mass is 16.4. The van der Waals surface area contributed by atoms with Gasteiger partial charge in [-0.15, -0.1) is 0 Å². The number of aliphatic carboxylic acids is 1. The lowest BCUT2D eigenvalue weighted by atomic mass is 9.92. The molecule has 28 heavy (non-hydrogen) atoms. The van der Waals surface area contributed by atoms with Gasteiger partial charge in [0.2, 0.25) is 0 Å². The molecule has 1 N–H and O–H groups in total. The van der Waals surface area contributed by atoms with Crippen LogP contribution in [-0.4, -0.2) is 44.8 Å². The van der Waals surface area contributed by atoms with E-state index in [-0.39, 0.29) is 35.5 Å². The average Bonchev–Trinajstić information content (AvgIpc) is 3.41. The van der Waals surface area contributed by atoms with Crippen LogP contribution < -0.4 is 5.56 Å². The van der Waals surface area contributed by atoms with E-state index in [4.69, 9.17) is 0 Å². The van der Waals surface area contributed by atoms with Gasteiger partial charge in [-0.2, -0.15) is 5.10 Å². The Balaban J connectivity index is 1.74. The quantitative estimate of drug-likeness (QED) is 0.855. The highest BCUT2D eigenvalue weighted by Gasteiger charge is 2.47. The van der Waals surface area contributed by atoms with Gasteiger partial charge in [0.05, 0.1) is 11.3 Å². The fraction of sp³-hybridized carbons (Fsp3) is 0.524. The first kappa shape index (κ1) is 18.7. The number of aromatic nitrogens is 2. The minimum Gasteiger partial charge on any atom is -0.481 e. The smallest absolute Gasteiger partial charge is 0.308 e. The van der Waals surface area contributed by atoms with Crippen molar-refractivity contribution in [1.29, 1.82) is 0 Å². The van der Waals surface area contributed by atoms with E-state index in [1.54, 1.807) is 29.2 Å². The summed E-state index contributed by atoms with van der Waals surface area (Å²) in [5.41, 5.74) is 0.0259. The Bertz CT molecular complexity index is 993. The molecule has 7 heteroatoms. The van der Waals surface area contributed by atoms with Crippen LogP contribution in [0.1, 0.15) is 37.2 Å². The normalized spacial score (nSPS) is 22.2. The number of rotatable bonds is 5. The molecule has 1 aromatic heterocycles. The van der Waals surface area contributed by atoms with Gasteiger partial charge in [0.1, 0.15) is 0 Å². The van der Waals surface area contributed by atoms with Crippen molar-refractivity contribution in [3.05, 3.63) is 40.3 Å². The summed E-state index contributed by atoms with van der Waals surface area (Å²) < 4.78 is 1.36. The monoisotopic (exact) mass is 383 g/mol. The molecule has 2 heterocycles. The third-order valence-electron chi connectivity index (χ3n) is 5.81. The molecule has 1 aromatic carbocycles. The standard InChI is InChI=1S/C21H25N3O4/c1-12(2)9-24-19(25)15-6-4-3-5-14(15)18(22-24)20(26)23-10-16(13-7-8-13)17(11-23)21(27)28/h3-6,12-13,16-17H,7-11H2,1-2H3,(H,27,28)/t16-,17+/m1/s1. The largest absolute Gasteiger partial charge is 0.481 e. The topological polar surface area (TPSA) is 92.5 Å². The van der Waals surface area contributed by atoms with Crippen molar-refractivity contribution in [2.75, 3.05) is 13.1 Å². The Morgan fingerprint density at radius 2 is 1.86 bits per heavy atom. The Labute approximate surface area is 163 Å². The Morgan fingerprint density at radius 1 is 1.18 bits per heavy atom. The number of hydrogen-bond donors (Lipinski definition) is 1. The molecule has 2 aromatic rings. The van der Waals surface area contributed by atoms with E-state index >= 15 is 0 Å². The average molecular weight is 383 g/mol. The van der Waals surface area contributed by atoms with Crippen molar-refractivity contribution in [2.24, 2.45) is 23.7 Å². The third-order valence-corrected chi connectivity index (χ3v) is 5.81. The van der Waals surface area contributed by atoms with Gasteiger partial charge in [-0.25, -0.2) is 4.68 Å². The molecule has 7 nitrogen and oxygen atoms in total. The number of carboxylic acids is 1. The van der Waals surface area contributed by atoms with Crippen molar-refractivity contribution in [3.63, 3.8) is 0 Å². The Morgan fingerprint density at radius 3 is 2.46 bits per heavy atom. The molecule has 0 spiro atoms. The van der Waals surface area contributed by atoms with Crippen molar-refractivity contribution >= 4 is 22.6 Å². The van der Waals surface area contributed by atoms with E-state index < -0.39 is 11.9 Å². The first-order valence-corrected chi connectivity index (χ1v) is 9.88. The minimum atomic E-state index is -0.838. The highest BCUT2D eigenvalue weighted by molar-refractivity contribution is 6.05. The van der Waals surface area contributed by atoms with Crippen LogP contribution in [0.5, 0.6) is 0 Å². The predicted molar refractivity (Wildman–Crippen MR) is 104 cm³/mol. The number of carboxylic acid groups (broad SMARTS) is 1. The van der Waals surface area contributed by atoms with Crippen LogP contribution in [0.25, 0.3) is 10.8 Å². The second-order valence-corrected chi connectivity index (χ2v) is 8.43. The number of hydrogen-bond acceptors (Lipinski definition) is 4. The Kier molecular flexibility index (Phi) is 4.69. The van der Waals surface area contributed by atoms with Crippen molar-refractivity contribution in [3.8, 4) is 0 Å². The molecule has 4 rings (SSSR count). The van der Waals surface area contributed by atoms with Gasteiger partial charge in [0.25, 0.3) is 11.5 Å². The van der Waals surface area contributed by atoms with Crippen LogP contribution in [0.15, 0.2) is 29.1 Å². The van der Waals surface area contributed by atoms with Crippen LogP contribution in [-0.2, 0) is 11.3 Å². The van der Waals surface area contributed by atoms with Crippen LogP contribution >= 0.6 is 0 Å². The fourth-order valence-electron chi connectivity index (χ4n) is 4.27. The molecule has 1 amide bonds. The minimum absolute atomic E-state index is 0.00860. The fourth-order valence-corrected chi connectivity index (χ4v) is 4.27. The van der Waals surface area contributed by atoms with Crippen molar-refractivity contribution in [1.82, 2.24) is 14.7 Å². The van der Waals surface area contributed by atoms with Crippen LogP contribution in [0.4, 0.5) is 0 Å². The van der Waals surface area contributed by atoms with E-state index in [1.165, 1.54) is 4.68 Å². The summed E-state index contributed by atoms with van der Waals surface area (Å²) in [6.07, 6.45) is 2.08. The van der Waals surface area contributed by atoms with E-state index in [2.05, 4.69) is 5.10 Å². The number of nitrogens with zero attached hydrogens (tertiary/aromatic N) is 3. The number of carbonyl (C=O) groups is 2. The van der Waals surface area contributed by atoms with Crippen LogP contribution in [0, 0.1) is 23.7 Å². The molecule has 1 saturated heterocycles. The zero-order chi connectivity index (χ0) is 20.0. The summed E-state index contributed by atoms with van der Waals surface area (Å²) >= 11 is 0. The molecule has 2 aliphatic rings. The summed E-state index contributed by atoms with van der Waals surface area (Å²) in [4.78, 5) is 39.4. The molecule has 0 unspecified atom stereocenters. The van der Waals surface area contributed by atoms with Crippen molar-refractivity contribution in [2.45, 2.75) is 33.2 Å². The SMILES string of the molecule is CC(C)Cn1nc(C(=O)N2C[C@H](C(=O)O)[C@@H](C3CC3)C2)c2ccccc2c1=O. The second kappa shape index (κ2) is 7.04. The van der Waals surface area contributed by atoms with Gasteiger partial charge >= 0.3 is 5.97 Å². The molecule has 1 aliphatic heterocycles. The van der Waals surface area contributed by atoms with Gasteiger partial charge in [0, 0.05) is 25.0 Å². The molecule has 148 valence electrons. The summed E-state index contributed by atoms with van der Waals surface area (Å²) in [6.45, 7) is 5.05. The number of likely N-dealkylation sites (tertiary alicyclic amines) is 1. The van der Waals surface area contributed by atoms with Crippen LogP contribution in [0.2, 0.25) is 0 Å². The zero-order valence-electron chi connectivity index (χ0n) is 16.2. The molecular weight excluding hydrogens is 358 g/mol. The molecule has 1 saturated carbocycles. The van der Waals surface area contributed by atoms with E-state index in [1.807, 2.05) is 13.8 Å². The zero-order valence-corrected chi connectivity index (χ0v) is 16.2. The molecule has 0 radical (unpaired) electrons. The summed E-state index contributed by atoms with van der Waals surface area (Å²) in [5, 5.41) is 15.0. The van der Waals surface area contributed by atoms with Gasteiger partial charge in [0.15, 0.2) is 5.69 Å². The van der Waals surface area contributed by atoms with Crippen molar-refractivity contribution < 1.29 is 14.7 Å². The number of amides is 1. The van der Waals surface area contributed by atoms with Gasteiger partial charge in [-0.05, 0) is 36.7 Å². The predicted octanol–water partition coefficient (Wildman–Crippen LogP) is 2.24. The maximum atomic E-state index is 13.3. The summed E-state index contributed by atoms with van der Waals surface area (Å²) in [5.74, 6) is -1.04. The lowest BCUT2D eigenvalue weighted by Gasteiger charge is -2.18. The molecule has 2 fully saturated rings. The molecule has 2 atom stereocenters. The maximum Gasteiger partial charge on any atom is 0.308 e. The van der Waals surface area contributed by atoms with Gasteiger partial charge < -0.3 is 10.0 Å². The van der Waals surface area contributed by atoms with E-state index in [9.17, 15) is 19.5 Å². The first-order valence-electron chi connectivity index (χ1n) is 9.88. The maximum absolute atomic E-state index is 13.3. The van der Waals surface area contributed by atoms with E-state index in [0.29, 0.717) is 29.8 Å². The van der Waals surface area contributed by atoms with Gasteiger partial charge in [-0.3, -0.25) is 14.4 Å². The van der Waals surface area contributed by atoms with E-state index in [0.717, 1.165) is 12.8 Å².